The maximum atomic E-state index is 12.4. The lowest BCUT2D eigenvalue weighted by Crippen LogP contribution is -2.47. The second-order valence-corrected chi connectivity index (χ2v) is 10.5. The SMILES string of the molecule is CC(C)(C)OC(=O)N1CCC(CCCOS(C)(=O)=O)(c2cccc(Cl)c2)CC1. The van der Waals surface area contributed by atoms with E-state index in [0.717, 1.165) is 31.1 Å². The van der Waals surface area contributed by atoms with E-state index in [-0.39, 0.29) is 18.1 Å². The highest BCUT2D eigenvalue weighted by molar-refractivity contribution is 7.85. The minimum atomic E-state index is -3.45. The lowest BCUT2D eigenvalue weighted by atomic mass is 9.70. The van der Waals surface area contributed by atoms with Crippen LogP contribution in [0.15, 0.2) is 24.3 Å². The number of amides is 1. The summed E-state index contributed by atoms with van der Waals surface area (Å²) in [4.78, 5) is 14.1. The molecule has 0 radical (unpaired) electrons. The molecule has 158 valence electrons. The van der Waals surface area contributed by atoms with Crippen molar-refractivity contribution in [3.63, 3.8) is 0 Å². The van der Waals surface area contributed by atoms with Gasteiger partial charge in [-0.05, 0) is 69.6 Å². The normalized spacial score (nSPS) is 17.4. The van der Waals surface area contributed by atoms with Crippen molar-refractivity contribution in [1.29, 1.82) is 0 Å². The zero-order valence-corrected chi connectivity index (χ0v) is 18.6. The lowest BCUT2D eigenvalue weighted by molar-refractivity contribution is 0.0155. The first-order valence-corrected chi connectivity index (χ1v) is 11.7. The Labute approximate surface area is 173 Å². The molecule has 0 atom stereocenters. The molecular weight excluding hydrogens is 402 g/mol. The van der Waals surface area contributed by atoms with Crippen LogP contribution in [0.3, 0.4) is 0 Å². The molecule has 1 saturated heterocycles. The molecule has 0 aromatic heterocycles. The predicted octanol–water partition coefficient (Wildman–Crippen LogP) is 4.37. The lowest BCUT2D eigenvalue weighted by Gasteiger charge is -2.42. The van der Waals surface area contributed by atoms with Crippen molar-refractivity contribution in [2.45, 2.75) is 57.5 Å². The van der Waals surface area contributed by atoms with E-state index in [1.807, 2.05) is 45.0 Å². The van der Waals surface area contributed by atoms with Crippen LogP contribution in [-0.4, -0.2) is 51.0 Å². The third kappa shape index (κ3) is 6.94. The topological polar surface area (TPSA) is 72.9 Å². The van der Waals surface area contributed by atoms with E-state index in [1.165, 1.54) is 0 Å². The van der Waals surface area contributed by atoms with Crippen molar-refractivity contribution >= 4 is 27.8 Å². The number of rotatable bonds is 6. The molecule has 1 aromatic carbocycles. The van der Waals surface area contributed by atoms with Crippen molar-refractivity contribution in [2.24, 2.45) is 0 Å². The fraction of sp³-hybridized carbons (Fsp3) is 0.650. The number of halogens is 1. The van der Waals surface area contributed by atoms with Crippen LogP contribution in [0, 0.1) is 0 Å². The highest BCUT2D eigenvalue weighted by Crippen LogP contribution is 2.40. The Morgan fingerprint density at radius 1 is 1.25 bits per heavy atom. The standard InChI is InChI=1S/C20H30ClNO5S/c1-19(2,3)27-18(23)22-12-10-20(11-13-22,9-6-14-26-28(4,24)25)16-7-5-8-17(21)15-16/h5,7-8,15H,6,9-14H2,1-4H3. The highest BCUT2D eigenvalue weighted by Gasteiger charge is 2.38. The van der Waals surface area contributed by atoms with Gasteiger partial charge in [-0.25, -0.2) is 4.79 Å². The van der Waals surface area contributed by atoms with Crippen molar-refractivity contribution < 1.29 is 22.1 Å². The number of carbonyl (C=O) groups is 1. The van der Waals surface area contributed by atoms with Crippen molar-refractivity contribution in [3.05, 3.63) is 34.9 Å². The number of hydrogen-bond acceptors (Lipinski definition) is 5. The van der Waals surface area contributed by atoms with Gasteiger partial charge < -0.3 is 9.64 Å². The number of nitrogens with zero attached hydrogens (tertiary/aromatic N) is 1. The summed E-state index contributed by atoms with van der Waals surface area (Å²) in [6.45, 7) is 6.87. The summed E-state index contributed by atoms with van der Waals surface area (Å²) in [6.07, 6.45) is 3.63. The van der Waals surface area contributed by atoms with Gasteiger partial charge in [0.05, 0.1) is 12.9 Å². The summed E-state index contributed by atoms with van der Waals surface area (Å²) in [5.41, 5.74) is 0.412. The van der Waals surface area contributed by atoms with Gasteiger partial charge in [-0.2, -0.15) is 8.42 Å². The van der Waals surface area contributed by atoms with E-state index in [0.29, 0.717) is 24.5 Å². The summed E-state index contributed by atoms with van der Waals surface area (Å²) in [5.74, 6) is 0. The van der Waals surface area contributed by atoms with Crippen LogP contribution in [0.1, 0.15) is 52.0 Å². The Morgan fingerprint density at radius 2 is 1.89 bits per heavy atom. The summed E-state index contributed by atoms with van der Waals surface area (Å²) in [7, 11) is -3.45. The molecule has 6 nitrogen and oxygen atoms in total. The number of likely N-dealkylation sites (tertiary alicyclic amines) is 1. The first-order chi connectivity index (χ1) is 12.9. The van der Waals surface area contributed by atoms with Gasteiger partial charge in [0, 0.05) is 18.1 Å². The molecule has 0 bridgehead atoms. The van der Waals surface area contributed by atoms with Crippen molar-refractivity contribution in [3.8, 4) is 0 Å². The van der Waals surface area contributed by atoms with Crippen molar-refractivity contribution in [2.75, 3.05) is 26.0 Å². The summed E-state index contributed by atoms with van der Waals surface area (Å²) >= 11 is 6.21. The number of piperidine rings is 1. The van der Waals surface area contributed by atoms with Crippen LogP contribution in [0.25, 0.3) is 0 Å². The Balaban J connectivity index is 2.10. The monoisotopic (exact) mass is 431 g/mol. The molecule has 1 amide bonds. The molecule has 1 heterocycles. The van der Waals surface area contributed by atoms with E-state index < -0.39 is 15.7 Å². The molecule has 0 N–H and O–H groups in total. The van der Waals surface area contributed by atoms with Gasteiger partial charge in [-0.1, -0.05) is 23.7 Å². The fourth-order valence-electron chi connectivity index (χ4n) is 3.57. The minimum absolute atomic E-state index is 0.150. The van der Waals surface area contributed by atoms with Gasteiger partial charge in [0.15, 0.2) is 0 Å². The molecule has 1 aliphatic rings. The van der Waals surface area contributed by atoms with Gasteiger partial charge in [0.2, 0.25) is 0 Å². The van der Waals surface area contributed by atoms with Gasteiger partial charge in [0.25, 0.3) is 10.1 Å². The molecular formula is C20H30ClNO5S. The molecule has 1 fully saturated rings. The number of benzene rings is 1. The Hall–Kier alpha value is -1.31. The van der Waals surface area contributed by atoms with E-state index in [2.05, 4.69) is 0 Å². The number of carbonyl (C=O) groups excluding carboxylic acids is 1. The van der Waals surface area contributed by atoms with Crippen LogP contribution >= 0.6 is 11.6 Å². The van der Waals surface area contributed by atoms with Gasteiger partial charge in [-0.15, -0.1) is 0 Å². The third-order valence-electron chi connectivity index (χ3n) is 4.91. The number of hydrogen-bond donors (Lipinski definition) is 0. The van der Waals surface area contributed by atoms with E-state index in [4.69, 9.17) is 20.5 Å². The summed E-state index contributed by atoms with van der Waals surface area (Å²) in [5, 5.41) is 0.666. The first kappa shape index (κ1) is 23.0. The second kappa shape index (κ2) is 9.01. The zero-order chi connectivity index (χ0) is 21.0. The molecule has 8 heteroatoms. The quantitative estimate of drug-likeness (QED) is 0.494. The highest BCUT2D eigenvalue weighted by atomic mass is 35.5. The maximum Gasteiger partial charge on any atom is 0.410 e. The van der Waals surface area contributed by atoms with E-state index in [1.54, 1.807) is 4.90 Å². The van der Waals surface area contributed by atoms with Gasteiger partial charge in [-0.3, -0.25) is 4.18 Å². The molecule has 1 aromatic rings. The molecule has 1 aliphatic heterocycles. The Kier molecular flexibility index (Phi) is 7.39. The summed E-state index contributed by atoms with van der Waals surface area (Å²) < 4.78 is 32.8. The van der Waals surface area contributed by atoms with Gasteiger partial charge in [0.1, 0.15) is 5.60 Å². The molecule has 0 aliphatic carbocycles. The van der Waals surface area contributed by atoms with Crippen LogP contribution in [0.2, 0.25) is 5.02 Å². The molecule has 2 rings (SSSR count). The van der Waals surface area contributed by atoms with Crippen LogP contribution in [-0.2, 0) is 24.5 Å². The second-order valence-electron chi connectivity index (χ2n) is 8.39. The smallest absolute Gasteiger partial charge is 0.410 e. The third-order valence-corrected chi connectivity index (χ3v) is 5.74. The first-order valence-electron chi connectivity index (χ1n) is 9.49. The van der Waals surface area contributed by atoms with Crippen molar-refractivity contribution in [1.82, 2.24) is 4.90 Å². The van der Waals surface area contributed by atoms with Gasteiger partial charge >= 0.3 is 6.09 Å². The minimum Gasteiger partial charge on any atom is -0.444 e. The molecule has 28 heavy (non-hydrogen) atoms. The maximum absolute atomic E-state index is 12.4. The van der Waals surface area contributed by atoms with E-state index in [9.17, 15) is 13.2 Å². The number of ether oxygens (including phenoxy) is 1. The molecule has 0 saturated carbocycles. The molecule has 0 unspecified atom stereocenters. The largest absolute Gasteiger partial charge is 0.444 e. The Bertz CT molecular complexity index is 780. The average molecular weight is 432 g/mol. The fourth-order valence-corrected chi connectivity index (χ4v) is 4.18. The van der Waals surface area contributed by atoms with E-state index >= 15 is 0 Å². The average Bonchev–Trinajstić information content (AvgIpc) is 2.57. The molecule has 0 spiro atoms. The van der Waals surface area contributed by atoms with Crippen LogP contribution in [0.5, 0.6) is 0 Å². The zero-order valence-electron chi connectivity index (χ0n) is 17.0. The van der Waals surface area contributed by atoms with Crippen LogP contribution in [0.4, 0.5) is 4.79 Å². The predicted molar refractivity (Wildman–Crippen MR) is 110 cm³/mol. The summed E-state index contributed by atoms with van der Waals surface area (Å²) in [6, 6.07) is 7.77. The Morgan fingerprint density at radius 3 is 2.43 bits per heavy atom. The van der Waals surface area contributed by atoms with Crippen LogP contribution < -0.4 is 0 Å².